The van der Waals surface area contributed by atoms with Crippen LogP contribution in [-0.4, -0.2) is 7.11 Å². The summed E-state index contributed by atoms with van der Waals surface area (Å²) in [6.45, 7) is 1.90. The number of benzene rings is 2. The van der Waals surface area contributed by atoms with Gasteiger partial charge in [-0.15, -0.1) is 0 Å². The molecule has 3 heteroatoms. The highest BCUT2D eigenvalue weighted by Gasteiger charge is 2.03. The predicted octanol–water partition coefficient (Wildman–Crippen LogP) is 2.72. The van der Waals surface area contributed by atoms with Gasteiger partial charge >= 0.3 is 0 Å². The lowest BCUT2D eigenvalue weighted by Crippen LogP contribution is -2.80. The summed E-state index contributed by atoms with van der Waals surface area (Å²) in [5.74, 6) is 0.961. The van der Waals surface area contributed by atoms with Gasteiger partial charge < -0.3 is 10.1 Å². The smallest absolute Gasteiger partial charge is 0.127 e. The van der Waals surface area contributed by atoms with Crippen LogP contribution in [0.15, 0.2) is 53.0 Å². The number of hydrogen-bond acceptors (Lipinski definition) is 1. The van der Waals surface area contributed by atoms with Crippen molar-refractivity contribution in [2.75, 3.05) is 7.11 Å². The van der Waals surface area contributed by atoms with E-state index in [4.69, 9.17) is 4.74 Å². The SMILES string of the molecule is COc1ccccc1C[NH2+]Cc1cccc(Br)c1. The van der Waals surface area contributed by atoms with Gasteiger partial charge in [-0.05, 0) is 24.3 Å². The summed E-state index contributed by atoms with van der Waals surface area (Å²) in [7, 11) is 1.72. The molecule has 2 rings (SSSR count). The van der Waals surface area contributed by atoms with Gasteiger partial charge in [-0.1, -0.05) is 40.2 Å². The van der Waals surface area contributed by atoms with Gasteiger partial charge in [-0.2, -0.15) is 0 Å². The van der Waals surface area contributed by atoms with E-state index < -0.39 is 0 Å². The Morgan fingerprint density at radius 1 is 1.06 bits per heavy atom. The molecule has 0 unspecified atom stereocenters. The van der Waals surface area contributed by atoms with Crippen molar-refractivity contribution in [2.24, 2.45) is 0 Å². The van der Waals surface area contributed by atoms with E-state index in [1.165, 1.54) is 11.1 Å². The third-order valence-corrected chi connectivity index (χ3v) is 3.32. The molecule has 0 saturated heterocycles. The van der Waals surface area contributed by atoms with Crippen LogP contribution in [-0.2, 0) is 13.1 Å². The highest BCUT2D eigenvalue weighted by Crippen LogP contribution is 2.15. The molecular weight excluding hydrogens is 290 g/mol. The summed E-state index contributed by atoms with van der Waals surface area (Å²) in [4.78, 5) is 0. The minimum Gasteiger partial charge on any atom is -0.496 e. The van der Waals surface area contributed by atoms with Crippen LogP contribution in [0.25, 0.3) is 0 Å². The Hall–Kier alpha value is -1.32. The maximum Gasteiger partial charge on any atom is 0.127 e. The summed E-state index contributed by atoms with van der Waals surface area (Å²) >= 11 is 3.49. The van der Waals surface area contributed by atoms with Crippen molar-refractivity contribution in [1.29, 1.82) is 0 Å². The minimum atomic E-state index is 0.927. The molecule has 2 nitrogen and oxygen atoms in total. The second-order valence-electron chi connectivity index (χ2n) is 4.14. The highest BCUT2D eigenvalue weighted by molar-refractivity contribution is 9.10. The number of para-hydroxylation sites is 1. The number of rotatable bonds is 5. The van der Waals surface area contributed by atoms with Crippen LogP contribution in [0, 0.1) is 0 Å². The van der Waals surface area contributed by atoms with E-state index in [1.54, 1.807) is 7.11 Å². The number of quaternary nitrogens is 1. The molecule has 0 atom stereocenters. The van der Waals surface area contributed by atoms with Gasteiger partial charge in [0.1, 0.15) is 18.8 Å². The Morgan fingerprint density at radius 3 is 2.67 bits per heavy atom. The second kappa shape index (κ2) is 6.57. The quantitative estimate of drug-likeness (QED) is 0.903. The number of ether oxygens (including phenoxy) is 1. The molecule has 0 aliphatic rings. The van der Waals surface area contributed by atoms with Crippen LogP contribution in [0.2, 0.25) is 0 Å². The molecule has 0 heterocycles. The van der Waals surface area contributed by atoms with E-state index in [0.29, 0.717) is 0 Å². The van der Waals surface area contributed by atoms with Crippen molar-refractivity contribution in [3.8, 4) is 5.75 Å². The lowest BCUT2D eigenvalue weighted by molar-refractivity contribution is -0.686. The summed E-state index contributed by atoms with van der Waals surface area (Å²) < 4.78 is 6.47. The Morgan fingerprint density at radius 2 is 1.89 bits per heavy atom. The molecule has 0 saturated carbocycles. The van der Waals surface area contributed by atoms with E-state index in [1.807, 2.05) is 24.3 Å². The van der Waals surface area contributed by atoms with E-state index in [0.717, 1.165) is 23.3 Å². The van der Waals surface area contributed by atoms with Crippen LogP contribution in [0.1, 0.15) is 11.1 Å². The molecule has 2 aromatic rings. The van der Waals surface area contributed by atoms with E-state index in [2.05, 4.69) is 45.5 Å². The van der Waals surface area contributed by atoms with Crippen molar-refractivity contribution >= 4 is 15.9 Å². The first kappa shape index (κ1) is 13.1. The monoisotopic (exact) mass is 306 g/mol. The first-order chi connectivity index (χ1) is 8.79. The molecule has 2 N–H and O–H groups in total. The minimum absolute atomic E-state index is 0.927. The zero-order valence-electron chi connectivity index (χ0n) is 10.4. The van der Waals surface area contributed by atoms with Gasteiger partial charge in [-0.3, -0.25) is 0 Å². The molecule has 0 amide bonds. The van der Waals surface area contributed by atoms with Gasteiger partial charge in [0.15, 0.2) is 0 Å². The van der Waals surface area contributed by atoms with E-state index >= 15 is 0 Å². The molecule has 0 aliphatic carbocycles. The Labute approximate surface area is 116 Å². The number of methoxy groups -OCH3 is 1. The Bertz CT molecular complexity index is 513. The van der Waals surface area contributed by atoms with Gasteiger partial charge in [0.05, 0.1) is 7.11 Å². The van der Waals surface area contributed by atoms with Crippen molar-refractivity contribution in [3.63, 3.8) is 0 Å². The highest BCUT2D eigenvalue weighted by atomic mass is 79.9. The van der Waals surface area contributed by atoms with Gasteiger partial charge in [-0.25, -0.2) is 0 Å². The first-order valence-corrected chi connectivity index (χ1v) is 6.77. The molecule has 0 fully saturated rings. The fourth-order valence-corrected chi connectivity index (χ4v) is 2.38. The number of halogens is 1. The topological polar surface area (TPSA) is 25.8 Å². The summed E-state index contributed by atoms with van der Waals surface area (Å²) in [5.41, 5.74) is 2.55. The lowest BCUT2D eigenvalue weighted by atomic mass is 10.2. The normalized spacial score (nSPS) is 10.3. The van der Waals surface area contributed by atoms with Crippen molar-refractivity contribution in [1.82, 2.24) is 0 Å². The standard InChI is InChI=1S/C15H16BrNO/c1-18-15-8-3-2-6-13(15)11-17-10-12-5-4-7-14(16)9-12/h2-9,17H,10-11H2,1H3/p+1. The summed E-state index contributed by atoms with van der Waals surface area (Å²) in [6, 6.07) is 16.6. The third-order valence-electron chi connectivity index (χ3n) is 2.83. The number of nitrogens with two attached hydrogens (primary N) is 1. The van der Waals surface area contributed by atoms with E-state index in [-0.39, 0.29) is 0 Å². The third kappa shape index (κ3) is 3.59. The van der Waals surface area contributed by atoms with Crippen molar-refractivity contribution < 1.29 is 10.1 Å². The largest absolute Gasteiger partial charge is 0.496 e. The Kier molecular flexibility index (Phi) is 4.79. The average Bonchev–Trinajstić information content (AvgIpc) is 2.39. The zero-order valence-corrected chi connectivity index (χ0v) is 12.0. The van der Waals surface area contributed by atoms with E-state index in [9.17, 15) is 0 Å². The summed E-state index contributed by atoms with van der Waals surface area (Å²) in [5, 5.41) is 2.28. The molecule has 2 aromatic carbocycles. The fraction of sp³-hybridized carbons (Fsp3) is 0.200. The van der Waals surface area contributed by atoms with Crippen LogP contribution >= 0.6 is 15.9 Å². The van der Waals surface area contributed by atoms with Gasteiger partial charge in [0.2, 0.25) is 0 Å². The molecule has 0 bridgehead atoms. The maximum atomic E-state index is 5.34. The average molecular weight is 307 g/mol. The van der Waals surface area contributed by atoms with Gasteiger partial charge in [0.25, 0.3) is 0 Å². The molecule has 0 spiro atoms. The second-order valence-corrected chi connectivity index (χ2v) is 5.05. The lowest BCUT2D eigenvalue weighted by Gasteiger charge is -2.07. The van der Waals surface area contributed by atoms with Crippen LogP contribution < -0.4 is 10.1 Å². The van der Waals surface area contributed by atoms with Crippen molar-refractivity contribution in [2.45, 2.75) is 13.1 Å². The molecule has 94 valence electrons. The van der Waals surface area contributed by atoms with Crippen LogP contribution in [0.5, 0.6) is 5.75 Å². The Balaban J connectivity index is 1.92. The van der Waals surface area contributed by atoms with Crippen LogP contribution in [0.3, 0.4) is 0 Å². The molecule has 0 aromatic heterocycles. The fourth-order valence-electron chi connectivity index (χ4n) is 1.93. The maximum absolute atomic E-state index is 5.34. The summed E-state index contributed by atoms with van der Waals surface area (Å²) in [6.07, 6.45) is 0. The van der Waals surface area contributed by atoms with Crippen molar-refractivity contribution in [3.05, 3.63) is 64.1 Å². The predicted molar refractivity (Wildman–Crippen MR) is 76.5 cm³/mol. The van der Waals surface area contributed by atoms with Gasteiger partial charge in [0, 0.05) is 15.6 Å². The molecule has 0 aliphatic heterocycles. The molecule has 18 heavy (non-hydrogen) atoms. The number of hydrogen-bond donors (Lipinski definition) is 1. The molecule has 0 radical (unpaired) electrons. The first-order valence-electron chi connectivity index (χ1n) is 5.97. The van der Waals surface area contributed by atoms with Crippen LogP contribution in [0.4, 0.5) is 0 Å². The molecular formula is C15H17BrNO+. The zero-order chi connectivity index (χ0) is 12.8.